The van der Waals surface area contributed by atoms with Gasteiger partial charge in [-0.25, -0.2) is 4.79 Å². The number of carboxylic acid groups (broad SMARTS) is 1. The molecule has 1 amide bonds. The molecule has 108 valence electrons. The third kappa shape index (κ3) is 2.92. The fraction of sp³-hybridized carbons (Fsp3) is 0.467. The van der Waals surface area contributed by atoms with Crippen LogP contribution in [0.25, 0.3) is 0 Å². The maximum atomic E-state index is 11.8. The van der Waals surface area contributed by atoms with Gasteiger partial charge in [0, 0.05) is 6.54 Å². The summed E-state index contributed by atoms with van der Waals surface area (Å²) in [5.74, 6) is -1.62. The van der Waals surface area contributed by atoms with E-state index in [1.54, 1.807) is 17.0 Å². The Hall–Kier alpha value is -2.04. The van der Waals surface area contributed by atoms with Gasteiger partial charge < -0.3 is 14.7 Å². The quantitative estimate of drug-likeness (QED) is 0.921. The number of benzene rings is 1. The van der Waals surface area contributed by atoms with Crippen LogP contribution in [0.1, 0.15) is 30.7 Å². The van der Waals surface area contributed by atoms with Gasteiger partial charge in [-0.2, -0.15) is 0 Å². The summed E-state index contributed by atoms with van der Waals surface area (Å²) in [6.07, 6.45) is 2.04. The first kappa shape index (κ1) is 14.4. The summed E-state index contributed by atoms with van der Waals surface area (Å²) < 4.78 is 4.78. The first-order valence-electron chi connectivity index (χ1n) is 6.77. The van der Waals surface area contributed by atoms with Crippen LogP contribution in [0.15, 0.2) is 30.3 Å². The SMILES string of the molecule is COC(=O)N1CCCCC1C(C(=O)O)c1ccccc1. The van der Waals surface area contributed by atoms with Crippen LogP contribution >= 0.6 is 0 Å². The van der Waals surface area contributed by atoms with Crippen LogP contribution in [0.2, 0.25) is 0 Å². The largest absolute Gasteiger partial charge is 0.481 e. The molecule has 0 radical (unpaired) electrons. The van der Waals surface area contributed by atoms with Crippen LogP contribution in [0, 0.1) is 0 Å². The van der Waals surface area contributed by atoms with Crippen molar-refractivity contribution in [1.82, 2.24) is 4.90 Å². The number of piperidine rings is 1. The van der Waals surface area contributed by atoms with E-state index in [0.717, 1.165) is 18.4 Å². The van der Waals surface area contributed by atoms with Crippen molar-refractivity contribution < 1.29 is 19.4 Å². The summed E-state index contributed by atoms with van der Waals surface area (Å²) in [6.45, 7) is 0.550. The highest BCUT2D eigenvalue weighted by molar-refractivity contribution is 5.78. The molecule has 1 saturated heterocycles. The van der Waals surface area contributed by atoms with Crippen molar-refractivity contribution in [2.45, 2.75) is 31.2 Å². The molecule has 5 heteroatoms. The monoisotopic (exact) mass is 277 g/mol. The van der Waals surface area contributed by atoms with E-state index in [4.69, 9.17) is 4.74 Å². The van der Waals surface area contributed by atoms with Crippen molar-refractivity contribution in [3.8, 4) is 0 Å². The highest BCUT2D eigenvalue weighted by Gasteiger charge is 2.38. The third-order valence-electron chi connectivity index (χ3n) is 3.77. The number of aliphatic carboxylic acids is 1. The van der Waals surface area contributed by atoms with E-state index in [1.807, 2.05) is 18.2 Å². The Bertz CT molecular complexity index is 474. The molecule has 0 bridgehead atoms. The minimum Gasteiger partial charge on any atom is -0.481 e. The van der Waals surface area contributed by atoms with E-state index in [1.165, 1.54) is 7.11 Å². The number of ether oxygens (including phenoxy) is 1. The van der Waals surface area contributed by atoms with Crippen molar-refractivity contribution >= 4 is 12.1 Å². The van der Waals surface area contributed by atoms with E-state index >= 15 is 0 Å². The predicted octanol–water partition coefficient (Wildman–Crippen LogP) is 2.48. The molecule has 1 aliphatic rings. The lowest BCUT2D eigenvalue weighted by molar-refractivity contribution is -0.140. The molecule has 2 rings (SSSR count). The molecule has 0 aliphatic carbocycles. The molecule has 0 spiro atoms. The Morgan fingerprint density at radius 2 is 2.00 bits per heavy atom. The van der Waals surface area contributed by atoms with Crippen LogP contribution in [0.4, 0.5) is 4.79 Å². The summed E-state index contributed by atoms with van der Waals surface area (Å²) in [7, 11) is 1.33. The Kier molecular flexibility index (Phi) is 4.61. The second kappa shape index (κ2) is 6.41. The molecule has 0 saturated carbocycles. The van der Waals surface area contributed by atoms with E-state index in [9.17, 15) is 14.7 Å². The van der Waals surface area contributed by atoms with Crippen molar-refractivity contribution in [3.05, 3.63) is 35.9 Å². The molecule has 5 nitrogen and oxygen atoms in total. The van der Waals surface area contributed by atoms with E-state index in [2.05, 4.69) is 0 Å². The Morgan fingerprint density at radius 3 is 2.60 bits per heavy atom. The number of methoxy groups -OCH3 is 1. The molecule has 1 aromatic rings. The third-order valence-corrected chi connectivity index (χ3v) is 3.77. The molecule has 2 atom stereocenters. The first-order chi connectivity index (χ1) is 9.65. The maximum Gasteiger partial charge on any atom is 0.409 e. The molecule has 2 unspecified atom stereocenters. The summed E-state index contributed by atoms with van der Waals surface area (Å²) in [4.78, 5) is 25.1. The van der Waals surface area contributed by atoms with Gasteiger partial charge >= 0.3 is 12.1 Å². The zero-order valence-corrected chi connectivity index (χ0v) is 11.5. The van der Waals surface area contributed by atoms with E-state index < -0.39 is 18.0 Å². The van der Waals surface area contributed by atoms with Gasteiger partial charge in [-0.05, 0) is 24.8 Å². The number of hydrogen-bond acceptors (Lipinski definition) is 3. The van der Waals surface area contributed by atoms with E-state index in [0.29, 0.717) is 13.0 Å². The van der Waals surface area contributed by atoms with Gasteiger partial charge in [0.25, 0.3) is 0 Å². The number of rotatable bonds is 3. The van der Waals surface area contributed by atoms with Crippen molar-refractivity contribution in [2.24, 2.45) is 0 Å². The topological polar surface area (TPSA) is 66.8 Å². The number of hydrogen-bond donors (Lipinski definition) is 1. The van der Waals surface area contributed by atoms with Gasteiger partial charge in [0.1, 0.15) is 5.92 Å². The zero-order chi connectivity index (χ0) is 14.5. The average Bonchev–Trinajstić information content (AvgIpc) is 2.48. The van der Waals surface area contributed by atoms with Gasteiger partial charge in [-0.3, -0.25) is 4.79 Å². The van der Waals surface area contributed by atoms with Crippen molar-refractivity contribution in [2.75, 3.05) is 13.7 Å². The summed E-state index contributed by atoms with van der Waals surface area (Å²) in [6, 6.07) is 8.72. The first-order valence-corrected chi connectivity index (χ1v) is 6.77. The Morgan fingerprint density at radius 1 is 1.30 bits per heavy atom. The lowest BCUT2D eigenvalue weighted by atomic mass is 9.85. The van der Waals surface area contributed by atoms with Crippen LogP contribution < -0.4 is 0 Å². The lowest BCUT2D eigenvalue weighted by Crippen LogP contribution is -2.48. The molecule has 1 aromatic carbocycles. The number of amides is 1. The predicted molar refractivity (Wildman–Crippen MR) is 73.6 cm³/mol. The normalized spacial score (nSPS) is 20.2. The van der Waals surface area contributed by atoms with Gasteiger partial charge in [0.05, 0.1) is 13.2 Å². The number of likely N-dealkylation sites (tertiary alicyclic amines) is 1. The number of nitrogens with zero attached hydrogens (tertiary/aromatic N) is 1. The molecule has 1 heterocycles. The molecular weight excluding hydrogens is 258 g/mol. The van der Waals surface area contributed by atoms with Crippen LogP contribution in [0.3, 0.4) is 0 Å². The van der Waals surface area contributed by atoms with Crippen LogP contribution in [0.5, 0.6) is 0 Å². The highest BCUT2D eigenvalue weighted by Crippen LogP contribution is 2.31. The summed E-state index contributed by atoms with van der Waals surface area (Å²) >= 11 is 0. The molecule has 20 heavy (non-hydrogen) atoms. The summed E-state index contributed by atoms with van der Waals surface area (Å²) in [5, 5.41) is 9.57. The standard InChI is InChI=1S/C15H19NO4/c1-20-15(19)16-10-6-5-9-12(16)13(14(17)18)11-7-3-2-4-8-11/h2-4,7-8,12-13H,5-6,9-10H2,1H3,(H,17,18). The molecular formula is C15H19NO4. The Balaban J connectivity index is 2.31. The number of carbonyl (C=O) groups excluding carboxylic acids is 1. The molecule has 0 aromatic heterocycles. The van der Waals surface area contributed by atoms with Crippen LogP contribution in [-0.2, 0) is 9.53 Å². The maximum absolute atomic E-state index is 11.8. The minimum atomic E-state index is -0.906. The molecule has 1 fully saturated rings. The van der Waals surface area contributed by atoms with Gasteiger partial charge in [-0.1, -0.05) is 30.3 Å². The Labute approximate surface area is 118 Å². The van der Waals surface area contributed by atoms with Crippen LogP contribution in [-0.4, -0.2) is 41.8 Å². The molecule has 1 N–H and O–H groups in total. The molecule has 1 aliphatic heterocycles. The zero-order valence-electron chi connectivity index (χ0n) is 11.5. The number of carbonyl (C=O) groups is 2. The van der Waals surface area contributed by atoms with Gasteiger partial charge in [0.15, 0.2) is 0 Å². The average molecular weight is 277 g/mol. The fourth-order valence-electron chi connectivity index (χ4n) is 2.84. The smallest absolute Gasteiger partial charge is 0.409 e. The van der Waals surface area contributed by atoms with E-state index in [-0.39, 0.29) is 6.04 Å². The van der Waals surface area contributed by atoms with Crippen molar-refractivity contribution in [3.63, 3.8) is 0 Å². The fourth-order valence-corrected chi connectivity index (χ4v) is 2.84. The lowest BCUT2D eigenvalue weighted by Gasteiger charge is -2.38. The number of carboxylic acids is 1. The second-order valence-electron chi connectivity index (χ2n) is 4.95. The second-order valence-corrected chi connectivity index (χ2v) is 4.95. The van der Waals surface area contributed by atoms with Gasteiger partial charge in [-0.15, -0.1) is 0 Å². The highest BCUT2D eigenvalue weighted by atomic mass is 16.5. The minimum absolute atomic E-state index is 0.351. The van der Waals surface area contributed by atoms with Gasteiger partial charge in [0.2, 0.25) is 0 Å². The van der Waals surface area contributed by atoms with Crippen molar-refractivity contribution in [1.29, 1.82) is 0 Å². The summed E-state index contributed by atoms with van der Waals surface area (Å²) in [5.41, 5.74) is 0.723.